The maximum absolute atomic E-state index is 11.8. The Morgan fingerprint density at radius 2 is 1.80 bits per heavy atom. The first-order valence-electron chi connectivity index (χ1n) is 8.00. The summed E-state index contributed by atoms with van der Waals surface area (Å²) in [6.45, 7) is 11.5. The molecule has 0 aliphatic heterocycles. The predicted molar refractivity (Wildman–Crippen MR) is 102 cm³/mol. The van der Waals surface area contributed by atoms with Crippen molar-refractivity contribution < 1.29 is 19.1 Å². The van der Waals surface area contributed by atoms with Gasteiger partial charge in [0.15, 0.2) is 0 Å². The molecule has 0 atom stereocenters. The summed E-state index contributed by atoms with van der Waals surface area (Å²) >= 11 is 3.44. The maximum Gasteiger partial charge on any atom is 0.310 e. The lowest BCUT2D eigenvalue weighted by molar-refractivity contribution is -0.153. The van der Waals surface area contributed by atoms with E-state index in [0.29, 0.717) is 6.47 Å². The standard InChI is InChI=1S/C14H16BrNO2.C5H10O2/c1-14(2,3)18-13(17)6-9-8-16-12-5-4-10(15)7-11(9)12;1-5(2,3)7-4-6/h4-5,7-8,16H,6H2,1-3H3;4H,1-3H3. The number of aromatic nitrogens is 1. The van der Waals surface area contributed by atoms with Gasteiger partial charge in [-0.1, -0.05) is 15.9 Å². The van der Waals surface area contributed by atoms with Crippen LogP contribution < -0.4 is 0 Å². The van der Waals surface area contributed by atoms with Gasteiger partial charge in [0.2, 0.25) is 0 Å². The van der Waals surface area contributed by atoms with E-state index in [9.17, 15) is 9.59 Å². The quantitative estimate of drug-likeness (QED) is 0.582. The van der Waals surface area contributed by atoms with Gasteiger partial charge in [0.25, 0.3) is 6.47 Å². The third-order valence-electron chi connectivity index (χ3n) is 2.89. The van der Waals surface area contributed by atoms with Crippen molar-refractivity contribution >= 4 is 39.3 Å². The predicted octanol–water partition coefficient (Wildman–Crippen LogP) is 4.77. The molecule has 1 heterocycles. The fourth-order valence-corrected chi connectivity index (χ4v) is 2.34. The minimum atomic E-state index is -0.441. The Hall–Kier alpha value is -1.82. The van der Waals surface area contributed by atoms with Crippen molar-refractivity contribution in [3.05, 3.63) is 34.4 Å². The molecule has 0 bridgehead atoms. The van der Waals surface area contributed by atoms with E-state index in [-0.39, 0.29) is 18.0 Å². The monoisotopic (exact) mass is 411 g/mol. The van der Waals surface area contributed by atoms with Gasteiger partial charge in [0.1, 0.15) is 11.2 Å². The van der Waals surface area contributed by atoms with E-state index in [4.69, 9.17) is 4.74 Å². The molecule has 2 rings (SSSR count). The molecular formula is C19H26BrNO4. The van der Waals surface area contributed by atoms with E-state index in [0.717, 1.165) is 20.9 Å². The Balaban J connectivity index is 0.000000381. The lowest BCUT2D eigenvalue weighted by atomic mass is 10.1. The van der Waals surface area contributed by atoms with Gasteiger partial charge in [-0.25, -0.2) is 0 Å². The molecule has 1 N–H and O–H groups in total. The number of hydrogen-bond donors (Lipinski definition) is 1. The summed E-state index contributed by atoms with van der Waals surface area (Å²) in [5.74, 6) is -0.205. The van der Waals surface area contributed by atoms with Crippen molar-refractivity contribution in [3.8, 4) is 0 Å². The van der Waals surface area contributed by atoms with Crippen molar-refractivity contribution in [1.29, 1.82) is 0 Å². The largest absolute Gasteiger partial charge is 0.462 e. The van der Waals surface area contributed by atoms with Crippen LogP contribution in [0.15, 0.2) is 28.9 Å². The number of H-pyrrole nitrogens is 1. The van der Waals surface area contributed by atoms with E-state index in [2.05, 4.69) is 25.7 Å². The zero-order valence-corrected chi connectivity index (χ0v) is 17.2. The SMILES string of the molecule is CC(C)(C)OC(=O)Cc1c[nH]c2ccc(Br)cc12.CC(C)(C)OC=O. The molecule has 2 aromatic rings. The van der Waals surface area contributed by atoms with Gasteiger partial charge in [-0.3, -0.25) is 9.59 Å². The van der Waals surface area contributed by atoms with Gasteiger partial charge < -0.3 is 14.5 Å². The Morgan fingerprint density at radius 1 is 1.16 bits per heavy atom. The summed E-state index contributed by atoms with van der Waals surface area (Å²) in [4.78, 5) is 24.6. The lowest BCUT2D eigenvalue weighted by Crippen LogP contribution is -2.24. The van der Waals surface area contributed by atoms with Gasteiger partial charge in [0, 0.05) is 21.6 Å². The van der Waals surface area contributed by atoms with Crippen LogP contribution in [-0.2, 0) is 25.5 Å². The van der Waals surface area contributed by atoms with Crippen LogP contribution in [0.25, 0.3) is 10.9 Å². The molecule has 0 aliphatic rings. The van der Waals surface area contributed by atoms with Crippen molar-refractivity contribution in [2.24, 2.45) is 0 Å². The summed E-state index contributed by atoms with van der Waals surface area (Å²) in [5.41, 5.74) is 1.23. The number of nitrogens with one attached hydrogen (secondary N) is 1. The Kier molecular flexibility index (Phi) is 7.23. The third kappa shape index (κ3) is 8.20. The minimum absolute atomic E-state index is 0.205. The molecule has 1 aromatic heterocycles. The molecule has 25 heavy (non-hydrogen) atoms. The second kappa shape index (κ2) is 8.52. The second-order valence-corrected chi connectivity index (χ2v) is 8.51. The molecule has 0 spiro atoms. The van der Waals surface area contributed by atoms with Crippen LogP contribution in [0.4, 0.5) is 0 Å². The van der Waals surface area contributed by atoms with E-state index in [1.54, 1.807) is 0 Å². The highest BCUT2D eigenvalue weighted by Crippen LogP contribution is 2.23. The van der Waals surface area contributed by atoms with Gasteiger partial charge in [0.05, 0.1) is 6.42 Å². The number of carbonyl (C=O) groups is 2. The summed E-state index contributed by atoms with van der Waals surface area (Å²) in [6.07, 6.45) is 2.15. The van der Waals surface area contributed by atoms with E-state index in [1.165, 1.54) is 0 Å². The van der Waals surface area contributed by atoms with Gasteiger partial charge in [-0.2, -0.15) is 0 Å². The topological polar surface area (TPSA) is 68.4 Å². The van der Waals surface area contributed by atoms with Crippen LogP contribution in [-0.4, -0.2) is 28.6 Å². The van der Waals surface area contributed by atoms with Crippen LogP contribution in [0, 0.1) is 0 Å². The zero-order chi connectivity index (χ0) is 19.3. The van der Waals surface area contributed by atoms with Crippen LogP contribution in [0.3, 0.4) is 0 Å². The molecule has 6 heteroatoms. The number of hydrogen-bond acceptors (Lipinski definition) is 4. The zero-order valence-electron chi connectivity index (χ0n) is 15.6. The average Bonchev–Trinajstić information content (AvgIpc) is 2.78. The van der Waals surface area contributed by atoms with E-state index >= 15 is 0 Å². The van der Waals surface area contributed by atoms with Crippen molar-refractivity contribution in [2.45, 2.75) is 59.2 Å². The lowest BCUT2D eigenvalue weighted by Gasteiger charge is -2.19. The summed E-state index contributed by atoms with van der Waals surface area (Å²) < 4.78 is 10.9. The summed E-state index contributed by atoms with van der Waals surface area (Å²) in [5, 5.41) is 1.05. The van der Waals surface area contributed by atoms with Crippen LogP contribution >= 0.6 is 15.9 Å². The van der Waals surface area contributed by atoms with Crippen molar-refractivity contribution in [1.82, 2.24) is 4.98 Å². The number of fused-ring (bicyclic) bond motifs is 1. The van der Waals surface area contributed by atoms with Crippen molar-refractivity contribution in [3.63, 3.8) is 0 Å². The number of rotatable bonds is 3. The first kappa shape index (κ1) is 21.2. The fourth-order valence-electron chi connectivity index (χ4n) is 1.97. The molecule has 0 saturated carbocycles. The molecule has 0 aliphatic carbocycles. The molecular weight excluding hydrogens is 386 g/mol. The molecule has 0 saturated heterocycles. The third-order valence-corrected chi connectivity index (χ3v) is 3.38. The fraction of sp³-hybridized carbons (Fsp3) is 0.474. The second-order valence-electron chi connectivity index (χ2n) is 7.59. The number of ether oxygens (including phenoxy) is 2. The number of benzene rings is 1. The summed E-state index contributed by atoms with van der Waals surface area (Å²) in [6, 6.07) is 5.96. The normalized spacial score (nSPS) is 11.5. The first-order valence-corrected chi connectivity index (χ1v) is 8.79. The number of carbonyl (C=O) groups excluding carboxylic acids is 2. The molecule has 138 valence electrons. The van der Waals surface area contributed by atoms with Gasteiger partial charge >= 0.3 is 5.97 Å². The Bertz CT molecular complexity index is 723. The van der Waals surface area contributed by atoms with Crippen LogP contribution in [0.1, 0.15) is 47.1 Å². The van der Waals surface area contributed by atoms with Crippen LogP contribution in [0.5, 0.6) is 0 Å². The Morgan fingerprint density at radius 3 is 2.28 bits per heavy atom. The number of aromatic amines is 1. The Labute approximate surface area is 157 Å². The summed E-state index contributed by atoms with van der Waals surface area (Å²) in [7, 11) is 0. The highest BCUT2D eigenvalue weighted by molar-refractivity contribution is 9.10. The highest BCUT2D eigenvalue weighted by Gasteiger charge is 2.17. The highest BCUT2D eigenvalue weighted by atomic mass is 79.9. The van der Waals surface area contributed by atoms with Crippen LogP contribution in [0.2, 0.25) is 0 Å². The van der Waals surface area contributed by atoms with Gasteiger partial charge in [-0.15, -0.1) is 0 Å². The molecule has 1 aromatic carbocycles. The van der Waals surface area contributed by atoms with Gasteiger partial charge in [-0.05, 0) is 65.3 Å². The minimum Gasteiger partial charge on any atom is -0.462 e. The molecule has 0 fully saturated rings. The smallest absolute Gasteiger partial charge is 0.310 e. The molecule has 0 radical (unpaired) electrons. The van der Waals surface area contributed by atoms with E-state index < -0.39 is 5.60 Å². The molecule has 0 unspecified atom stereocenters. The number of halogens is 1. The average molecular weight is 412 g/mol. The maximum atomic E-state index is 11.8. The van der Waals surface area contributed by atoms with E-state index in [1.807, 2.05) is 65.9 Å². The molecule has 5 nitrogen and oxygen atoms in total. The number of esters is 1. The molecule has 0 amide bonds. The van der Waals surface area contributed by atoms with Crippen molar-refractivity contribution in [2.75, 3.05) is 0 Å². The first-order chi connectivity index (χ1) is 11.4.